The van der Waals surface area contributed by atoms with Gasteiger partial charge in [0, 0.05) is 6.61 Å². The lowest BCUT2D eigenvalue weighted by Crippen LogP contribution is -2.67. The smallest absolute Gasteiger partial charge is 0.261 e. The Morgan fingerprint density at radius 2 is 1.17 bits per heavy atom. The van der Waals surface area contributed by atoms with E-state index in [2.05, 4.69) is 102 Å². The molecule has 0 amide bonds. The first kappa shape index (κ1) is 18.9. The van der Waals surface area contributed by atoms with Crippen LogP contribution in [0.15, 0.2) is 60.7 Å². The topological polar surface area (TPSA) is 9.23 Å². The van der Waals surface area contributed by atoms with E-state index in [0.29, 0.717) is 0 Å². The molecule has 0 aliphatic carbocycles. The standard InChI is InChI=1S/C22H32OSi/c1-7-22(5,6)18-23-24(21(2,3)4,19-14-10-8-11-15-19)20-16-12-9-13-17-20/h8-17H,7,18H2,1-6H3. The predicted octanol–water partition coefficient (Wildman–Crippen LogP) is 5.00. The summed E-state index contributed by atoms with van der Waals surface area (Å²) >= 11 is 0. The molecule has 0 aliphatic rings. The highest BCUT2D eigenvalue weighted by molar-refractivity contribution is 6.99. The van der Waals surface area contributed by atoms with Gasteiger partial charge in [-0.3, -0.25) is 0 Å². The number of rotatable bonds is 6. The molecule has 0 saturated carbocycles. The lowest BCUT2D eigenvalue weighted by Gasteiger charge is -2.44. The fourth-order valence-corrected chi connectivity index (χ4v) is 7.93. The van der Waals surface area contributed by atoms with Gasteiger partial charge in [0.2, 0.25) is 0 Å². The van der Waals surface area contributed by atoms with E-state index >= 15 is 0 Å². The van der Waals surface area contributed by atoms with Gasteiger partial charge in [0.05, 0.1) is 0 Å². The molecule has 24 heavy (non-hydrogen) atoms. The monoisotopic (exact) mass is 340 g/mol. The molecule has 0 heterocycles. The van der Waals surface area contributed by atoms with Crippen molar-refractivity contribution in [3.05, 3.63) is 60.7 Å². The molecule has 0 fully saturated rings. The normalized spacial score (nSPS) is 13.1. The number of benzene rings is 2. The largest absolute Gasteiger partial charge is 0.407 e. The lowest BCUT2D eigenvalue weighted by molar-refractivity contribution is 0.165. The molecule has 0 atom stereocenters. The van der Waals surface area contributed by atoms with Crippen LogP contribution in [-0.2, 0) is 4.43 Å². The highest BCUT2D eigenvalue weighted by Crippen LogP contribution is 2.38. The van der Waals surface area contributed by atoms with Gasteiger partial charge in [-0.05, 0) is 27.2 Å². The molecule has 0 aliphatic heterocycles. The van der Waals surface area contributed by atoms with Gasteiger partial charge in [0.1, 0.15) is 0 Å². The van der Waals surface area contributed by atoms with Crippen LogP contribution in [0, 0.1) is 5.41 Å². The molecular formula is C22H32OSi. The van der Waals surface area contributed by atoms with Crippen molar-refractivity contribution in [2.24, 2.45) is 5.41 Å². The molecular weight excluding hydrogens is 308 g/mol. The number of hydrogen-bond acceptors (Lipinski definition) is 1. The first-order valence-corrected chi connectivity index (χ1v) is 10.9. The van der Waals surface area contributed by atoms with Crippen LogP contribution in [0.4, 0.5) is 0 Å². The van der Waals surface area contributed by atoms with E-state index < -0.39 is 8.32 Å². The summed E-state index contributed by atoms with van der Waals surface area (Å²) in [5, 5.41) is 2.77. The maximum atomic E-state index is 6.96. The summed E-state index contributed by atoms with van der Waals surface area (Å²) in [4.78, 5) is 0. The Bertz CT molecular complexity index is 587. The highest BCUT2D eigenvalue weighted by Gasteiger charge is 2.50. The predicted molar refractivity (Wildman–Crippen MR) is 108 cm³/mol. The minimum atomic E-state index is -2.38. The molecule has 130 valence electrons. The number of hydrogen-bond donors (Lipinski definition) is 0. The van der Waals surface area contributed by atoms with Crippen molar-refractivity contribution in [2.75, 3.05) is 6.61 Å². The summed E-state index contributed by atoms with van der Waals surface area (Å²) in [6, 6.07) is 21.7. The van der Waals surface area contributed by atoms with Crippen LogP contribution in [0.25, 0.3) is 0 Å². The Hall–Kier alpha value is -1.38. The van der Waals surface area contributed by atoms with E-state index in [1.165, 1.54) is 10.4 Å². The van der Waals surface area contributed by atoms with E-state index in [1.54, 1.807) is 0 Å². The Labute approximate surface area is 149 Å². The molecule has 2 rings (SSSR count). The van der Waals surface area contributed by atoms with Gasteiger partial charge in [-0.2, -0.15) is 0 Å². The van der Waals surface area contributed by atoms with Crippen LogP contribution in [0.3, 0.4) is 0 Å². The zero-order chi connectivity index (χ0) is 17.8. The van der Waals surface area contributed by atoms with Crippen LogP contribution in [0.1, 0.15) is 48.0 Å². The minimum absolute atomic E-state index is 0.0551. The molecule has 0 aromatic heterocycles. The summed E-state index contributed by atoms with van der Waals surface area (Å²) in [7, 11) is -2.38. The second kappa shape index (κ2) is 7.24. The van der Waals surface area contributed by atoms with Gasteiger partial charge < -0.3 is 4.43 Å². The van der Waals surface area contributed by atoms with Gasteiger partial charge in [-0.15, -0.1) is 0 Å². The SMILES string of the molecule is CCC(C)(C)CO[Si](c1ccccc1)(c1ccccc1)C(C)(C)C. The zero-order valence-corrected chi connectivity index (χ0v) is 17.1. The quantitative estimate of drug-likeness (QED) is 0.672. The summed E-state index contributed by atoms with van der Waals surface area (Å²) < 4.78 is 6.96. The van der Waals surface area contributed by atoms with Crippen molar-refractivity contribution in [3.63, 3.8) is 0 Å². The average molecular weight is 341 g/mol. The van der Waals surface area contributed by atoms with Crippen molar-refractivity contribution in [2.45, 2.75) is 53.0 Å². The van der Waals surface area contributed by atoms with Gasteiger partial charge in [-0.1, -0.05) is 102 Å². The maximum Gasteiger partial charge on any atom is 0.261 e. The second-order valence-electron chi connectivity index (χ2n) is 8.47. The fourth-order valence-electron chi connectivity index (χ4n) is 3.17. The van der Waals surface area contributed by atoms with Crippen LogP contribution in [-0.4, -0.2) is 14.9 Å². The van der Waals surface area contributed by atoms with E-state index in [4.69, 9.17) is 4.43 Å². The average Bonchev–Trinajstić information content (AvgIpc) is 2.56. The van der Waals surface area contributed by atoms with Crippen molar-refractivity contribution < 1.29 is 4.43 Å². The van der Waals surface area contributed by atoms with E-state index in [0.717, 1.165) is 13.0 Å². The Balaban J connectivity index is 2.62. The fraction of sp³-hybridized carbons (Fsp3) is 0.455. The van der Waals surface area contributed by atoms with Gasteiger partial charge >= 0.3 is 0 Å². The molecule has 2 heteroatoms. The molecule has 0 spiro atoms. The molecule has 0 N–H and O–H groups in total. The molecule has 0 radical (unpaired) electrons. The van der Waals surface area contributed by atoms with Crippen molar-refractivity contribution in [1.29, 1.82) is 0 Å². The molecule has 2 aromatic carbocycles. The molecule has 2 aromatic rings. The third-order valence-corrected chi connectivity index (χ3v) is 10.0. The third kappa shape index (κ3) is 3.81. The van der Waals surface area contributed by atoms with Crippen molar-refractivity contribution >= 4 is 18.7 Å². The van der Waals surface area contributed by atoms with Gasteiger partial charge in [-0.25, -0.2) is 0 Å². The first-order chi connectivity index (χ1) is 11.2. The van der Waals surface area contributed by atoms with Crippen molar-refractivity contribution in [1.82, 2.24) is 0 Å². The first-order valence-electron chi connectivity index (χ1n) is 8.98. The summed E-state index contributed by atoms with van der Waals surface area (Å²) in [6.07, 6.45) is 1.12. The van der Waals surface area contributed by atoms with Crippen LogP contribution in [0.5, 0.6) is 0 Å². The summed E-state index contributed by atoms with van der Waals surface area (Å²) in [5.41, 5.74) is 0.188. The third-order valence-electron chi connectivity index (χ3n) is 5.05. The van der Waals surface area contributed by atoms with Gasteiger partial charge in [0.15, 0.2) is 0 Å². The molecule has 1 nitrogen and oxygen atoms in total. The van der Waals surface area contributed by atoms with Gasteiger partial charge in [0.25, 0.3) is 8.32 Å². The molecule has 0 saturated heterocycles. The molecule has 0 unspecified atom stereocenters. The van der Waals surface area contributed by atoms with Crippen molar-refractivity contribution in [3.8, 4) is 0 Å². The minimum Gasteiger partial charge on any atom is -0.407 e. The Morgan fingerprint density at radius 1 is 0.750 bits per heavy atom. The Kier molecular flexibility index (Phi) is 5.72. The second-order valence-corrected chi connectivity index (χ2v) is 12.8. The molecule has 0 bridgehead atoms. The van der Waals surface area contributed by atoms with Crippen LogP contribution in [0.2, 0.25) is 5.04 Å². The zero-order valence-electron chi connectivity index (χ0n) is 16.1. The van der Waals surface area contributed by atoms with Crippen LogP contribution < -0.4 is 10.4 Å². The van der Waals surface area contributed by atoms with E-state index in [-0.39, 0.29) is 10.5 Å². The Morgan fingerprint density at radius 3 is 1.50 bits per heavy atom. The maximum absolute atomic E-state index is 6.96. The summed E-state index contributed by atoms with van der Waals surface area (Å²) in [6.45, 7) is 14.6. The van der Waals surface area contributed by atoms with E-state index in [9.17, 15) is 0 Å². The summed E-state index contributed by atoms with van der Waals surface area (Å²) in [5.74, 6) is 0. The lowest BCUT2D eigenvalue weighted by atomic mass is 9.92. The van der Waals surface area contributed by atoms with E-state index in [1.807, 2.05) is 0 Å². The highest BCUT2D eigenvalue weighted by atomic mass is 28.4. The van der Waals surface area contributed by atoms with Crippen LogP contribution >= 0.6 is 0 Å².